The number of benzene rings is 3. The molecule has 1 aliphatic heterocycles. The zero-order valence-corrected chi connectivity index (χ0v) is 23.3. The fourth-order valence-corrected chi connectivity index (χ4v) is 5.60. The molecule has 0 aromatic heterocycles. The van der Waals surface area contributed by atoms with E-state index in [1.807, 2.05) is 25.1 Å². The normalized spacial score (nSPS) is 14.6. The Morgan fingerprint density at radius 2 is 1.68 bits per heavy atom. The Bertz CT molecular complexity index is 1460. The minimum atomic E-state index is -4.63. The highest BCUT2D eigenvalue weighted by Crippen LogP contribution is 2.29. The molecule has 0 saturated carbocycles. The van der Waals surface area contributed by atoms with Gasteiger partial charge in [0.2, 0.25) is 10.0 Å². The molecule has 1 amide bonds. The number of piperazine rings is 1. The van der Waals surface area contributed by atoms with Crippen LogP contribution in [0.25, 0.3) is 11.1 Å². The van der Waals surface area contributed by atoms with Crippen molar-refractivity contribution in [3.05, 3.63) is 77.9 Å². The minimum absolute atomic E-state index is 0.0414. The van der Waals surface area contributed by atoms with Crippen molar-refractivity contribution in [3.63, 3.8) is 0 Å². The van der Waals surface area contributed by atoms with Crippen molar-refractivity contribution in [3.8, 4) is 22.6 Å². The van der Waals surface area contributed by atoms with Gasteiger partial charge in [-0.05, 0) is 78.2 Å². The van der Waals surface area contributed by atoms with Gasteiger partial charge in [-0.3, -0.25) is 9.69 Å². The van der Waals surface area contributed by atoms with Crippen molar-refractivity contribution < 1.29 is 36.2 Å². The zero-order chi connectivity index (χ0) is 29.6. The van der Waals surface area contributed by atoms with Gasteiger partial charge in [0.15, 0.2) is 0 Å². The Balaban J connectivity index is 1.34. The third-order valence-corrected chi connectivity index (χ3v) is 7.87. The summed E-state index contributed by atoms with van der Waals surface area (Å²) in [5.74, 6) is -1.22. The Morgan fingerprint density at radius 1 is 0.976 bits per heavy atom. The molecule has 1 aliphatic rings. The van der Waals surface area contributed by atoms with Crippen LogP contribution in [0.5, 0.6) is 11.5 Å². The number of carbonyl (C=O) groups is 1. The van der Waals surface area contributed by atoms with Gasteiger partial charge in [-0.15, -0.1) is 0 Å². The van der Waals surface area contributed by atoms with Gasteiger partial charge in [0.05, 0.1) is 18.8 Å². The van der Waals surface area contributed by atoms with Gasteiger partial charge in [0.1, 0.15) is 11.5 Å². The maximum Gasteiger partial charge on any atom is 0.390 e. The number of hydrogen-bond acceptors (Lipinski definition) is 7. The van der Waals surface area contributed by atoms with E-state index in [-0.39, 0.29) is 11.3 Å². The molecular formula is C29H32F3N3O5S. The Hall–Kier alpha value is -3.77. The van der Waals surface area contributed by atoms with Crippen LogP contribution in [0, 0.1) is 0 Å². The Labute approximate surface area is 237 Å². The molecule has 12 heteroatoms. The first-order valence-corrected chi connectivity index (χ1v) is 14.8. The third kappa shape index (κ3) is 8.86. The first kappa shape index (κ1) is 30.2. The van der Waals surface area contributed by atoms with Crippen LogP contribution in [-0.2, 0) is 16.6 Å². The number of anilines is 1. The van der Waals surface area contributed by atoms with E-state index < -0.39 is 34.3 Å². The molecule has 0 spiro atoms. The fraction of sp³-hybridized carbons (Fsp3) is 0.345. The molecule has 3 aromatic carbocycles. The molecule has 0 aliphatic carbocycles. The molecule has 8 nitrogen and oxygen atoms in total. The van der Waals surface area contributed by atoms with Crippen LogP contribution < -0.4 is 14.4 Å². The SMILES string of the molecule is CCOc1cc(CN2CCN(c3ccc(C(=O)NS(=O)(=O)CCC(F)(F)F)cc3)CC2)cc(-c2cccc(O)c2)c1. The second-order valence-electron chi connectivity index (χ2n) is 9.77. The summed E-state index contributed by atoms with van der Waals surface area (Å²) >= 11 is 0. The van der Waals surface area contributed by atoms with Crippen LogP contribution in [-0.4, -0.2) is 69.0 Å². The summed E-state index contributed by atoms with van der Waals surface area (Å²) in [5.41, 5.74) is 3.83. The highest BCUT2D eigenvalue weighted by Gasteiger charge is 2.30. The van der Waals surface area contributed by atoms with Gasteiger partial charge in [0, 0.05) is 44.0 Å². The number of phenols is 1. The predicted octanol–water partition coefficient (Wildman–Crippen LogP) is 4.79. The van der Waals surface area contributed by atoms with Crippen LogP contribution in [0.1, 0.15) is 29.3 Å². The molecular weight excluding hydrogens is 559 g/mol. The lowest BCUT2D eigenvalue weighted by atomic mass is 10.0. The molecule has 220 valence electrons. The van der Waals surface area contributed by atoms with E-state index in [4.69, 9.17) is 4.74 Å². The number of sulfonamides is 1. The van der Waals surface area contributed by atoms with Crippen molar-refractivity contribution in [1.82, 2.24) is 9.62 Å². The minimum Gasteiger partial charge on any atom is -0.508 e. The molecule has 1 heterocycles. The first-order valence-electron chi connectivity index (χ1n) is 13.2. The highest BCUT2D eigenvalue weighted by atomic mass is 32.2. The maximum atomic E-state index is 12.3. The number of rotatable bonds is 10. The largest absolute Gasteiger partial charge is 0.508 e. The van der Waals surface area contributed by atoms with Crippen molar-refractivity contribution >= 4 is 21.6 Å². The number of nitrogens with zero attached hydrogens (tertiary/aromatic N) is 2. The van der Waals surface area contributed by atoms with Crippen LogP contribution in [0.2, 0.25) is 0 Å². The van der Waals surface area contributed by atoms with Gasteiger partial charge in [-0.25, -0.2) is 13.1 Å². The lowest BCUT2D eigenvalue weighted by molar-refractivity contribution is -0.130. The van der Waals surface area contributed by atoms with Crippen LogP contribution >= 0.6 is 0 Å². The standard InChI is InChI=1S/C29H32F3N3O5S/c1-2-40-27-17-21(16-24(19-27)23-4-3-5-26(36)18-23)20-34-11-13-35(14-12-34)25-8-6-22(7-9-25)28(37)33-41(38,39)15-10-29(30,31)32/h3-9,16-19,36H,2,10-15,20H2,1H3,(H,33,37). The van der Waals surface area contributed by atoms with Gasteiger partial charge < -0.3 is 14.7 Å². The zero-order valence-electron chi connectivity index (χ0n) is 22.5. The number of halogens is 3. The van der Waals surface area contributed by atoms with Crippen molar-refractivity contribution in [1.29, 1.82) is 0 Å². The second kappa shape index (κ2) is 12.8. The van der Waals surface area contributed by atoms with Crippen LogP contribution in [0.15, 0.2) is 66.7 Å². The second-order valence-corrected chi connectivity index (χ2v) is 11.6. The first-order chi connectivity index (χ1) is 19.4. The molecule has 1 saturated heterocycles. The molecule has 0 bridgehead atoms. The molecule has 1 fully saturated rings. The van der Waals surface area contributed by atoms with Crippen molar-refractivity contribution in [2.24, 2.45) is 0 Å². The van der Waals surface area contributed by atoms with Crippen LogP contribution in [0.3, 0.4) is 0 Å². The molecule has 0 unspecified atom stereocenters. The molecule has 3 aromatic rings. The third-order valence-electron chi connectivity index (χ3n) is 6.63. The van der Waals surface area contributed by atoms with Crippen LogP contribution in [0.4, 0.5) is 18.9 Å². The topological polar surface area (TPSA) is 99.2 Å². The molecule has 41 heavy (non-hydrogen) atoms. The summed E-state index contributed by atoms with van der Waals surface area (Å²) in [6, 6.07) is 19.5. The summed E-state index contributed by atoms with van der Waals surface area (Å²) in [4.78, 5) is 16.7. The Morgan fingerprint density at radius 3 is 2.32 bits per heavy atom. The lowest BCUT2D eigenvalue weighted by Crippen LogP contribution is -2.46. The molecule has 0 atom stereocenters. The van der Waals surface area contributed by atoms with Crippen molar-refractivity contribution in [2.75, 3.05) is 43.4 Å². The summed E-state index contributed by atoms with van der Waals surface area (Å²) in [6.07, 6.45) is -6.16. The van der Waals surface area contributed by atoms with E-state index in [0.29, 0.717) is 13.2 Å². The van der Waals surface area contributed by atoms with E-state index in [2.05, 4.69) is 15.9 Å². The quantitative estimate of drug-likeness (QED) is 0.350. The number of aromatic hydroxyl groups is 1. The van der Waals surface area contributed by atoms with Gasteiger partial charge in [0.25, 0.3) is 5.91 Å². The predicted molar refractivity (Wildman–Crippen MR) is 151 cm³/mol. The van der Waals surface area contributed by atoms with Gasteiger partial charge in [-0.2, -0.15) is 13.2 Å². The average Bonchev–Trinajstić information content (AvgIpc) is 2.92. The number of nitrogens with one attached hydrogen (secondary N) is 1. The summed E-state index contributed by atoms with van der Waals surface area (Å²) < 4.78 is 68.2. The summed E-state index contributed by atoms with van der Waals surface area (Å²) in [7, 11) is -4.41. The average molecular weight is 592 g/mol. The number of hydrogen-bond donors (Lipinski definition) is 2. The number of ether oxygens (including phenoxy) is 1. The number of amides is 1. The fourth-order valence-electron chi connectivity index (χ4n) is 4.60. The van der Waals surface area contributed by atoms with Gasteiger partial charge in [-0.1, -0.05) is 12.1 Å². The smallest absolute Gasteiger partial charge is 0.390 e. The van der Waals surface area contributed by atoms with Crippen molar-refractivity contribution in [2.45, 2.75) is 26.1 Å². The van der Waals surface area contributed by atoms with E-state index in [1.165, 1.54) is 12.1 Å². The van der Waals surface area contributed by atoms with E-state index in [0.717, 1.165) is 54.3 Å². The Kier molecular flexibility index (Phi) is 9.44. The van der Waals surface area contributed by atoms with E-state index in [1.54, 1.807) is 35.1 Å². The van der Waals surface area contributed by atoms with E-state index in [9.17, 15) is 31.5 Å². The number of phenolic OH excluding ortho intramolecular Hbond substituents is 1. The molecule has 4 rings (SSSR count). The number of alkyl halides is 3. The summed E-state index contributed by atoms with van der Waals surface area (Å²) in [5, 5.41) is 9.91. The van der Waals surface area contributed by atoms with Gasteiger partial charge >= 0.3 is 6.18 Å². The molecule has 2 N–H and O–H groups in total. The maximum absolute atomic E-state index is 12.3. The number of carbonyl (C=O) groups excluding carboxylic acids is 1. The van der Waals surface area contributed by atoms with E-state index >= 15 is 0 Å². The highest BCUT2D eigenvalue weighted by molar-refractivity contribution is 7.90. The molecule has 0 radical (unpaired) electrons. The lowest BCUT2D eigenvalue weighted by Gasteiger charge is -2.36. The summed E-state index contributed by atoms with van der Waals surface area (Å²) in [6.45, 7) is 6.18. The monoisotopic (exact) mass is 591 g/mol.